The van der Waals surface area contributed by atoms with Crippen LogP contribution in [0, 0.1) is 0 Å². The Morgan fingerprint density at radius 1 is 0.467 bits per heavy atom. The quantitative estimate of drug-likeness (QED) is 0.0322. The number of aliphatic hydroxyl groups excluding tert-OH is 2. The molecule has 6 heteroatoms. The number of hydrogen-bond donors (Lipinski definition) is 3. The van der Waals surface area contributed by atoms with Crippen molar-refractivity contribution >= 4 is 11.9 Å². The molecule has 0 aliphatic carbocycles. The fourth-order valence-corrected chi connectivity index (χ4v) is 8.14. The van der Waals surface area contributed by atoms with Crippen molar-refractivity contribution in [3.05, 3.63) is 24.3 Å². The highest BCUT2D eigenvalue weighted by molar-refractivity contribution is 5.76. The van der Waals surface area contributed by atoms with E-state index in [9.17, 15) is 19.8 Å². The first kappa shape index (κ1) is 58.3. The molecule has 0 saturated heterocycles. The molecule has 3 N–H and O–H groups in total. The van der Waals surface area contributed by atoms with E-state index in [2.05, 4.69) is 43.5 Å². The van der Waals surface area contributed by atoms with E-state index in [-0.39, 0.29) is 18.5 Å². The van der Waals surface area contributed by atoms with Gasteiger partial charge in [0, 0.05) is 12.8 Å². The molecule has 0 fully saturated rings. The number of nitrogens with one attached hydrogen (secondary N) is 1. The molecule has 0 radical (unpaired) electrons. The van der Waals surface area contributed by atoms with E-state index < -0.39 is 12.1 Å². The molecule has 0 rings (SSSR count). The summed E-state index contributed by atoms with van der Waals surface area (Å²) < 4.78 is 5.47. The van der Waals surface area contributed by atoms with Gasteiger partial charge < -0.3 is 20.3 Å². The highest BCUT2D eigenvalue weighted by Gasteiger charge is 2.20. The van der Waals surface area contributed by atoms with E-state index in [1.165, 1.54) is 199 Å². The molecule has 0 bridgehead atoms. The van der Waals surface area contributed by atoms with Crippen LogP contribution in [0.25, 0.3) is 0 Å². The average molecular weight is 846 g/mol. The normalized spacial score (nSPS) is 12.8. The molecular formula is C54H103NO5. The van der Waals surface area contributed by atoms with Gasteiger partial charge in [0.1, 0.15) is 0 Å². The molecule has 0 aromatic rings. The fraction of sp³-hybridized carbons (Fsp3) is 0.889. The zero-order valence-corrected chi connectivity index (χ0v) is 40.2. The van der Waals surface area contributed by atoms with Crippen molar-refractivity contribution in [2.24, 2.45) is 0 Å². The highest BCUT2D eigenvalue weighted by atomic mass is 16.5. The van der Waals surface area contributed by atoms with Crippen LogP contribution in [0.3, 0.4) is 0 Å². The molecule has 0 aromatic heterocycles. The van der Waals surface area contributed by atoms with Crippen LogP contribution in [0.5, 0.6) is 0 Å². The van der Waals surface area contributed by atoms with Gasteiger partial charge in [-0.25, -0.2) is 0 Å². The number of aliphatic hydroxyl groups is 2. The Labute approximate surface area is 373 Å². The van der Waals surface area contributed by atoms with E-state index in [1.807, 2.05) is 0 Å². The third-order valence-corrected chi connectivity index (χ3v) is 12.3. The van der Waals surface area contributed by atoms with E-state index in [1.54, 1.807) is 0 Å². The molecule has 0 aliphatic heterocycles. The third kappa shape index (κ3) is 45.9. The van der Waals surface area contributed by atoms with Crippen molar-refractivity contribution in [1.82, 2.24) is 5.32 Å². The standard InChI is InChI=1S/C54H103NO5/c1-3-5-7-9-11-13-15-16-17-18-22-25-28-32-36-40-44-48-54(59)60-49-45-41-37-33-29-26-23-20-19-21-24-27-31-35-39-43-47-53(58)55-51(50-56)52(57)46-42-38-34-30-14-12-10-8-6-4-2/h11,13,16-17,51-52,56-57H,3-10,12,14-15,18-50H2,1-2H3,(H,55,58)/b13-11-,17-16-. The Morgan fingerprint density at radius 3 is 1.30 bits per heavy atom. The molecule has 1 amide bonds. The summed E-state index contributed by atoms with van der Waals surface area (Å²) in [5.41, 5.74) is 0. The number of ether oxygens (including phenoxy) is 1. The molecule has 0 saturated carbocycles. The van der Waals surface area contributed by atoms with Crippen LogP contribution in [0.2, 0.25) is 0 Å². The number of allylic oxidation sites excluding steroid dienone is 4. The first-order chi connectivity index (χ1) is 29.5. The van der Waals surface area contributed by atoms with Crippen molar-refractivity contribution in [3.63, 3.8) is 0 Å². The van der Waals surface area contributed by atoms with Crippen molar-refractivity contribution < 1.29 is 24.5 Å². The van der Waals surface area contributed by atoms with E-state index in [4.69, 9.17) is 4.74 Å². The first-order valence-corrected chi connectivity index (χ1v) is 26.6. The summed E-state index contributed by atoms with van der Waals surface area (Å²) in [6, 6.07) is -0.545. The summed E-state index contributed by atoms with van der Waals surface area (Å²) in [6.45, 7) is 4.90. The van der Waals surface area contributed by atoms with Crippen LogP contribution in [-0.2, 0) is 14.3 Å². The smallest absolute Gasteiger partial charge is 0.305 e. The fourth-order valence-electron chi connectivity index (χ4n) is 8.14. The minimum Gasteiger partial charge on any atom is -0.466 e. The van der Waals surface area contributed by atoms with Crippen LogP contribution in [0.15, 0.2) is 24.3 Å². The average Bonchev–Trinajstić information content (AvgIpc) is 3.25. The van der Waals surface area contributed by atoms with E-state index in [0.717, 1.165) is 51.4 Å². The van der Waals surface area contributed by atoms with Gasteiger partial charge in [0.05, 0.1) is 25.4 Å². The highest BCUT2D eigenvalue weighted by Crippen LogP contribution is 2.16. The van der Waals surface area contributed by atoms with Crippen LogP contribution in [-0.4, -0.2) is 47.4 Å². The second-order valence-corrected chi connectivity index (χ2v) is 18.2. The number of esters is 1. The summed E-state index contributed by atoms with van der Waals surface area (Å²) >= 11 is 0. The molecule has 2 unspecified atom stereocenters. The Morgan fingerprint density at radius 2 is 0.833 bits per heavy atom. The number of carbonyl (C=O) groups is 2. The van der Waals surface area contributed by atoms with E-state index >= 15 is 0 Å². The predicted octanol–water partition coefficient (Wildman–Crippen LogP) is 15.9. The van der Waals surface area contributed by atoms with E-state index in [0.29, 0.717) is 25.9 Å². The molecule has 0 spiro atoms. The lowest BCUT2D eigenvalue weighted by Crippen LogP contribution is -2.45. The molecule has 60 heavy (non-hydrogen) atoms. The maximum atomic E-state index is 12.4. The maximum Gasteiger partial charge on any atom is 0.305 e. The van der Waals surface area contributed by atoms with Gasteiger partial charge in [0.2, 0.25) is 5.91 Å². The molecule has 2 atom stereocenters. The number of unbranched alkanes of at least 4 members (excludes halogenated alkanes) is 34. The number of amides is 1. The molecule has 0 aromatic carbocycles. The van der Waals surface area contributed by atoms with Crippen LogP contribution >= 0.6 is 0 Å². The van der Waals surface area contributed by atoms with Gasteiger partial charge in [-0.15, -0.1) is 0 Å². The minimum atomic E-state index is -0.667. The summed E-state index contributed by atoms with van der Waals surface area (Å²) in [4.78, 5) is 24.5. The van der Waals surface area contributed by atoms with Crippen molar-refractivity contribution in [3.8, 4) is 0 Å². The first-order valence-electron chi connectivity index (χ1n) is 26.6. The summed E-state index contributed by atoms with van der Waals surface area (Å²) in [5, 5.41) is 23.1. The van der Waals surface area contributed by atoms with Gasteiger partial charge in [-0.2, -0.15) is 0 Å². The Bertz CT molecular complexity index is 935. The zero-order chi connectivity index (χ0) is 43.7. The largest absolute Gasteiger partial charge is 0.466 e. The lowest BCUT2D eigenvalue weighted by molar-refractivity contribution is -0.143. The SMILES string of the molecule is CCCCC/C=C\C/C=C\CCCCCCCCCC(=O)OCCCCCCCCCCCCCCCCCCC(=O)NC(CO)C(O)CCCCCCCCCCCC. The molecular weight excluding hydrogens is 743 g/mol. The molecule has 0 heterocycles. The monoisotopic (exact) mass is 846 g/mol. The number of hydrogen-bond acceptors (Lipinski definition) is 5. The van der Waals surface area contributed by atoms with Gasteiger partial charge in [-0.1, -0.05) is 237 Å². The Hall–Kier alpha value is -1.66. The molecule has 354 valence electrons. The van der Waals surface area contributed by atoms with Gasteiger partial charge >= 0.3 is 5.97 Å². The topological polar surface area (TPSA) is 95.9 Å². The van der Waals surface area contributed by atoms with Gasteiger partial charge in [0.15, 0.2) is 0 Å². The van der Waals surface area contributed by atoms with Crippen molar-refractivity contribution in [2.45, 2.75) is 296 Å². The predicted molar refractivity (Wildman–Crippen MR) is 260 cm³/mol. The molecule has 6 nitrogen and oxygen atoms in total. The number of rotatable bonds is 49. The summed E-state index contributed by atoms with van der Waals surface area (Å²) in [7, 11) is 0. The summed E-state index contributed by atoms with van der Waals surface area (Å²) in [5.74, 6) is -0.0486. The van der Waals surface area contributed by atoms with Gasteiger partial charge in [0.25, 0.3) is 0 Å². The van der Waals surface area contributed by atoms with Crippen molar-refractivity contribution in [1.29, 1.82) is 0 Å². The second-order valence-electron chi connectivity index (χ2n) is 18.2. The maximum absolute atomic E-state index is 12.4. The number of carbonyl (C=O) groups excluding carboxylic acids is 2. The third-order valence-electron chi connectivity index (χ3n) is 12.3. The Balaban J connectivity index is 3.40. The lowest BCUT2D eigenvalue weighted by atomic mass is 10.0. The molecule has 0 aliphatic rings. The van der Waals surface area contributed by atoms with Crippen LogP contribution in [0.4, 0.5) is 0 Å². The lowest BCUT2D eigenvalue weighted by Gasteiger charge is -2.22. The van der Waals surface area contributed by atoms with Crippen molar-refractivity contribution in [2.75, 3.05) is 13.2 Å². The zero-order valence-electron chi connectivity index (χ0n) is 40.2. The van der Waals surface area contributed by atoms with Gasteiger partial charge in [-0.3, -0.25) is 9.59 Å². The minimum absolute atomic E-state index is 0.00483. The Kier molecular flexibility index (Phi) is 48.6. The van der Waals surface area contributed by atoms with Gasteiger partial charge in [-0.05, 0) is 57.8 Å². The van der Waals surface area contributed by atoms with Crippen LogP contribution < -0.4 is 5.32 Å². The van der Waals surface area contributed by atoms with Crippen LogP contribution in [0.1, 0.15) is 284 Å². The summed E-state index contributed by atoms with van der Waals surface area (Å²) in [6.07, 6.45) is 58.7. The second kappa shape index (κ2) is 50.0.